The van der Waals surface area contributed by atoms with E-state index in [1.807, 2.05) is 21.1 Å². The van der Waals surface area contributed by atoms with Gasteiger partial charge >= 0.3 is 17.9 Å². The molecule has 0 aliphatic rings. The molecule has 2 atom stereocenters. The molecule has 384 valence electrons. The molecule has 0 fully saturated rings. The minimum absolute atomic E-state index is 0.0531. The van der Waals surface area contributed by atoms with Crippen molar-refractivity contribution in [3.05, 3.63) is 48.6 Å². The topological polar surface area (TPSA) is 99.1 Å². The molecule has 0 bridgehead atoms. The van der Waals surface area contributed by atoms with Gasteiger partial charge in [0.05, 0.1) is 34.4 Å². The third kappa shape index (κ3) is 46.4. The highest BCUT2D eigenvalue weighted by Gasteiger charge is 2.31. The number of likely N-dealkylation sites (N-methyl/N-ethyl adjacent to an activating group) is 1. The summed E-state index contributed by atoms with van der Waals surface area (Å²) in [5.41, 5.74) is 0. The number of unbranched alkanes of at least 4 members (excludes halogenated alkanes) is 28. The SMILES string of the molecule is CC/C=C/C/C=C/C/C=C/CCCCCCCCCCCCCC(=O)OC(COCCC(C(=O)O)[N+](C)(C)C)COC(=O)CCCCCCCCC/C=C/CCCCCCCCCCCC. The number of nitrogens with zero attached hydrogens (tertiary/aromatic N) is 1. The van der Waals surface area contributed by atoms with E-state index in [-0.39, 0.29) is 36.2 Å². The van der Waals surface area contributed by atoms with Gasteiger partial charge in [0, 0.05) is 19.3 Å². The second kappa shape index (κ2) is 48.7. The first kappa shape index (κ1) is 63.3. The quantitative estimate of drug-likeness (QED) is 0.0281. The smallest absolute Gasteiger partial charge is 0.362 e. The summed E-state index contributed by atoms with van der Waals surface area (Å²) >= 11 is 0. The maximum Gasteiger partial charge on any atom is 0.362 e. The van der Waals surface area contributed by atoms with Gasteiger partial charge < -0.3 is 23.8 Å². The van der Waals surface area contributed by atoms with Crippen molar-refractivity contribution in [1.29, 1.82) is 0 Å². The molecule has 0 rings (SSSR count). The number of ether oxygens (including phenoxy) is 3. The number of allylic oxidation sites excluding steroid dienone is 8. The van der Waals surface area contributed by atoms with Crippen LogP contribution in [0, 0.1) is 0 Å². The van der Waals surface area contributed by atoms with Crippen molar-refractivity contribution >= 4 is 17.9 Å². The van der Waals surface area contributed by atoms with E-state index in [9.17, 15) is 19.5 Å². The van der Waals surface area contributed by atoms with Gasteiger partial charge in [-0.25, -0.2) is 4.79 Å². The fourth-order valence-electron chi connectivity index (χ4n) is 8.22. The Bertz CT molecular complexity index is 1220. The van der Waals surface area contributed by atoms with Gasteiger partial charge in [-0.05, 0) is 70.6 Å². The van der Waals surface area contributed by atoms with Crippen LogP contribution in [0.4, 0.5) is 0 Å². The molecule has 0 saturated carbocycles. The molecule has 66 heavy (non-hydrogen) atoms. The third-order valence-corrected chi connectivity index (χ3v) is 12.5. The lowest BCUT2D eigenvalue weighted by molar-refractivity contribution is -0.887. The summed E-state index contributed by atoms with van der Waals surface area (Å²) in [5.74, 6) is -1.46. The predicted octanol–water partition coefficient (Wildman–Crippen LogP) is 16.3. The van der Waals surface area contributed by atoms with Crippen molar-refractivity contribution < 1.29 is 38.2 Å². The molecular formula is C58H106NO7+. The first-order valence-corrected chi connectivity index (χ1v) is 27.7. The molecule has 0 aromatic rings. The molecule has 8 nitrogen and oxygen atoms in total. The molecule has 0 saturated heterocycles. The fraction of sp³-hybridized carbons (Fsp3) is 0.810. The Balaban J connectivity index is 4.19. The van der Waals surface area contributed by atoms with Crippen LogP contribution in [-0.4, -0.2) is 80.6 Å². The number of aliphatic carboxylic acids is 1. The maximum absolute atomic E-state index is 12.8. The van der Waals surface area contributed by atoms with Crippen molar-refractivity contribution in [2.24, 2.45) is 0 Å². The molecule has 0 aromatic carbocycles. The van der Waals surface area contributed by atoms with E-state index in [1.54, 1.807) is 0 Å². The first-order valence-electron chi connectivity index (χ1n) is 27.7. The maximum atomic E-state index is 12.8. The Hall–Kier alpha value is -2.71. The normalized spacial score (nSPS) is 13.2. The molecule has 0 aliphatic heterocycles. The highest BCUT2D eigenvalue weighted by atomic mass is 16.6. The Labute approximate surface area is 407 Å². The molecule has 0 aliphatic carbocycles. The Kier molecular flexibility index (Phi) is 46.7. The number of rotatable bonds is 50. The number of carboxylic acids is 1. The molecule has 0 heterocycles. The number of carbonyl (C=O) groups is 3. The Morgan fingerprint density at radius 2 is 0.848 bits per heavy atom. The third-order valence-electron chi connectivity index (χ3n) is 12.5. The lowest BCUT2D eigenvalue weighted by atomic mass is 10.0. The number of carbonyl (C=O) groups excluding carboxylic acids is 2. The van der Waals surface area contributed by atoms with E-state index >= 15 is 0 Å². The zero-order valence-electron chi connectivity index (χ0n) is 43.9. The van der Waals surface area contributed by atoms with Crippen molar-refractivity contribution in [2.75, 3.05) is 41.0 Å². The lowest BCUT2D eigenvalue weighted by Gasteiger charge is -2.31. The van der Waals surface area contributed by atoms with Crippen LogP contribution in [-0.2, 0) is 28.6 Å². The summed E-state index contributed by atoms with van der Waals surface area (Å²) in [6, 6.07) is -0.617. The van der Waals surface area contributed by atoms with Crippen LogP contribution in [0.2, 0.25) is 0 Å². The minimum atomic E-state index is -0.874. The van der Waals surface area contributed by atoms with Gasteiger partial charge in [0.25, 0.3) is 0 Å². The molecule has 0 aromatic heterocycles. The Morgan fingerprint density at radius 3 is 1.27 bits per heavy atom. The van der Waals surface area contributed by atoms with Gasteiger partial charge in [-0.2, -0.15) is 0 Å². The fourth-order valence-corrected chi connectivity index (χ4v) is 8.22. The lowest BCUT2D eigenvalue weighted by Crippen LogP contribution is -2.50. The summed E-state index contributed by atoms with van der Waals surface area (Å²) in [7, 11) is 5.54. The summed E-state index contributed by atoms with van der Waals surface area (Å²) in [6.45, 7) is 4.66. The number of esters is 2. The zero-order valence-corrected chi connectivity index (χ0v) is 43.9. The highest BCUT2D eigenvalue weighted by molar-refractivity contribution is 5.72. The molecule has 0 radical (unpaired) electrons. The highest BCUT2D eigenvalue weighted by Crippen LogP contribution is 2.16. The largest absolute Gasteiger partial charge is 0.477 e. The van der Waals surface area contributed by atoms with Crippen LogP contribution in [0.15, 0.2) is 48.6 Å². The average Bonchev–Trinajstić information content (AvgIpc) is 3.28. The monoisotopic (exact) mass is 929 g/mol. The number of quaternary nitrogens is 1. The van der Waals surface area contributed by atoms with E-state index < -0.39 is 18.1 Å². The summed E-state index contributed by atoms with van der Waals surface area (Å²) in [6.07, 6.45) is 60.2. The predicted molar refractivity (Wildman–Crippen MR) is 280 cm³/mol. The van der Waals surface area contributed by atoms with Crippen LogP contribution < -0.4 is 0 Å². The van der Waals surface area contributed by atoms with Crippen molar-refractivity contribution in [3.8, 4) is 0 Å². The van der Waals surface area contributed by atoms with Gasteiger partial charge in [0.1, 0.15) is 6.61 Å². The first-order chi connectivity index (χ1) is 32.1. The molecule has 2 unspecified atom stereocenters. The zero-order chi connectivity index (χ0) is 48.4. The van der Waals surface area contributed by atoms with Crippen LogP contribution in [0.5, 0.6) is 0 Å². The minimum Gasteiger partial charge on any atom is -0.477 e. The number of hydrogen-bond acceptors (Lipinski definition) is 6. The second-order valence-corrected chi connectivity index (χ2v) is 19.8. The van der Waals surface area contributed by atoms with Gasteiger partial charge in [0.15, 0.2) is 12.1 Å². The van der Waals surface area contributed by atoms with E-state index in [0.717, 1.165) is 57.8 Å². The van der Waals surface area contributed by atoms with Gasteiger partial charge in [-0.1, -0.05) is 210 Å². The van der Waals surface area contributed by atoms with Gasteiger partial charge in [0.2, 0.25) is 0 Å². The van der Waals surface area contributed by atoms with Gasteiger partial charge in [-0.15, -0.1) is 0 Å². The molecule has 1 N–H and O–H groups in total. The number of carboxylic acid groups (broad SMARTS) is 1. The van der Waals surface area contributed by atoms with E-state index in [0.29, 0.717) is 19.3 Å². The van der Waals surface area contributed by atoms with Crippen molar-refractivity contribution in [2.45, 2.75) is 264 Å². The standard InChI is InChI=1S/C58H105NO7/c1-6-8-10-12-14-16-18-20-22-24-26-28-30-32-34-36-38-40-42-44-46-48-56(60)65-53-54(52-64-51-50-55(58(62)63)59(3,4)5)66-57(61)49-47-45-43-41-39-37-35-33-31-29-27-25-23-21-19-17-15-13-11-9-7-2/h9,11,15,17,21,23,28,30,54-55H,6-8,10,12-14,16,18-20,22,24-27,29,31-53H2,1-5H3/p+1/b11-9+,17-15+,23-21+,30-28+. The summed E-state index contributed by atoms with van der Waals surface area (Å²) < 4.78 is 17.4. The molecule has 0 amide bonds. The van der Waals surface area contributed by atoms with Crippen LogP contribution in [0.25, 0.3) is 0 Å². The van der Waals surface area contributed by atoms with E-state index in [1.165, 1.54) is 161 Å². The molecule has 0 spiro atoms. The van der Waals surface area contributed by atoms with Crippen LogP contribution in [0.3, 0.4) is 0 Å². The van der Waals surface area contributed by atoms with Crippen LogP contribution >= 0.6 is 0 Å². The summed E-state index contributed by atoms with van der Waals surface area (Å²) in [4.78, 5) is 37.2. The van der Waals surface area contributed by atoms with E-state index in [2.05, 4.69) is 62.5 Å². The molecule has 8 heteroatoms. The van der Waals surface area contributed by atoms with Crippen LogP contribution in [0.1, 0.15) is 251 Å². The molecular weight excluding hydrogens is 823 g/mol. The second-order valence-electron chi connectivity index (χ2n) is 19.8. The van der Waals surface area contributed by atoms with E-state index in [4.69, 9.17) is 14.2 Å². The van der Waals surface area contributed by atoms with Crippen molar-refractivity contribution in [1.82, 2.24) is 0 Å². The van der Waals surface area contributed by atoms with Gasteiger partial charge in [-0.3, -0.25) is 9.59 Å². The van der Waals surface area contributed by atoms with Crippen molar-refractivity contribution in [3.63, 3.8) is 0 Å². The average molecular weight is 929 g/mol. The Morgan fingerprint density at radius 1 is 0.470 bits per heavy atom. The number of hydrogen-bond donors (Lipinski definition) is 1. The summed E-state index contributed by atoms with van der Waals surface area (Å²) in [5, 5.41) is 9.67.